The van der Waals surface area contributed by atoms with Crippen molar-refractivity contribution >= 4 is 5.97 Å². The summed E-state index contributed by atoms with van der Waals surface area (Å²) in [6.45, 7) is 10.6. The van der Waals surface area contributed by atoms with Gasteiger partial charge in [-0.05, 0) is 63.0 Å². The molecule has 7 nitrogen and oxygen atoms in total. The minimum Gasteiger partial charge on any atom is -0.459 e. The average Bonchev–Trinajstić information content (AvgIpc) is 3.30. The molecule has 0 saturated carbocycles. The summed E-state index contributed by atoms with van der Waals surface area (Å²) in [5.74, 6) is -0.910. The monoisotopic (exact) mass is 556 g/mol. The van der Waals surface area contributed by atoms with Gasteiger partial charge in [-0.25, -0.2) is 4.79 Å². The van der Waals surface area contributed by atoms with Gasteiger partial charge in [0.15, 0.2) is 5.79 Å². The molecular formula is C33H48O7. The summed E-state index contributed by atoms with van der Waals surface area (Å²) in [5.41, 5.74) is 0.961. The lowest BCUT2D eigenvalue weighted by Gasteiger charge is -2.49. The summed E-state index contributed by atoms with van der Waals surface area (Å²) in [5, 5.41) is 21.9. The van der Waals surface area contributed by atoms with E-state index in [1.165, 1.54) is 18.6 Å². The van der Waals surface area contributed by atoms with Crippen molar-refractivity contribution in [1.29, 1.82) is 0 Å². The number of aliphatic hydroxyl groups is 2. The zero-order valence-electron chi connectivity index (χ0n) is 24.8. The molecule has 5 rings (SSSR count). The number of allylic oxidation sites excluding steroid dienone is 4. The third kappa shape index (κ3) is 6.19. The summed E-state index contributed by atoms with van der Waals surface area (Å²) in [6.07, 6.45) is 14.2. The quantitative estimate of drug-likeness (QED) is 0.351. The van der Waals surface area contributed by atoms with Crippen molar-refractivity contribution in [2.24, 2.45) is 17.8 Å². The third-order valence-corrected chi connectivity index (χ3v) is 9.50. The molecule has 0 aromatic heterocycles. The molecule has 4 aliphatic heterocycles. The van der Waals surface area contributed by atoms with E-state index in [2.05, 4.69) is 39.8 Å². The molecule has 0 aromatic rings. The number of aliphatic hydroxyl groups excluding tert-OH is 1. The van der Waals surface area contributed by atoms with Crippen LogP contribution in [0.3, 0.4) is 0 Å². The zero-order chi connectivity index (χ0) is 28.7. The standard InChI is InChI=1S/C33H48O7/c1-6-8-27-22(4)13-14-33(40-27)17-25-16-24(39-33)12-11-21(3)15-20(2)9-7-10-23-19-37-29-28(23)26(31(35)38-25)18-32(5,36)30(29)34/h7,9-11,18,20,22,24-25,27-30,34,36H,6,8,12-17,19H2,1-5H3. The molecule has 3 saturated heterocycles. The highest BCUT2D eigenvalue weighted by Crippen LogP contribution is 2.46. The molecule has 10 unspecified atom stereocenters. The number of ether oxygens (including phenoxy) is 4. The Labute approximate surface area is 239 Å². The lowest BCUT2D eigenvalue weighted by Crippen LogP contribution is -2.55. The fraction of sp³-hybridized carbons (Fsp3) is 0.727. The van der Waals surface area contributed by atoms with Crippen LogP contribution in [0.4, 0.5) is 0 Å². The van der Waals surface area contributed by atoms with E-state index in [-0.39, 0.29) is 24.9 Å². The molecule has 0 radical (unpaired) electrons. The lowest BCUT2D eigenvalue weighted by molar-refractivity contribution is -0.335. The van der Waals surface area contributed by atoms with Gasteiger partial charge in [0.05, 0.1) is 24.9 Å². The molecule has 0 aromatic carbocycles. The van der Waals surface area contributed by atoms with E-state index in [9.17, 15) is 15.0 Å². The van der Waals surface area contributed by atoms with Crippen LogP contribution in [-0.2, 0) is 23.7 Å². The van der Waals surface area contributed by atoms with Crippen molar-refractivity contribution in [3.05, 3.63) is 47.1 Å². The highest BCUT2D eigenvalue weighted by atomic mass is 16.7. The highest BCUT2D eigenvalue weighted by Gasteiger charge is 2.53. The number of esters is 1. The van der Waals surface area contributed by atoms with Crippen molar-refractivity contribution in [3.63, 3.8) is 0 Å². The molecule has 1 spiro atoms. The Morgan fingerprint density at radius 2 is 1.98 bits per heavy atom. The Balaban J connectivity index is 1.50. The first-order valence-electron chi connectivity index (χ1n) is 15.3. The van der Waals surface area contributed by atoms with Gasteiger partial charge in [-0.1, -0.05) is 57.1 Å². The van der Waals surface area contributed by atoms with Crippen molar-refractivity contribution in [2.45, 2.75) is 128 Å². The number of fused-ring (bicyclic) bond motifs is 2. The molecule has 3 fully saturated rings. The van der Waals surface area contributed by atoms with Crippen LogP contribution in [0, 0.1) is 17.8 Å². The summed E-state index contributed by atoms with van der Waals surface area (Å²) < 4.78 is 25.7. The lowest BCUT2D eigenvalue weighted by atomic mass is 9.74. The first kappa shape index (κ1) is 29.7. The van der Waals surface area contributed by atoms with Crippen LogP contribution in [0.15, 0.2) is 47.1 Å². The van der Waals surface area contributed by atoms with Crippen molar-refractivity contribution in [2.75, 3.05) is 6.61 Å². The molecule has 5 aliphatic rings. The van der Waals surface area contributed by atoms with Gasteiger partial charge >= 0.3 is 5.97 Å². The Bertz CT molecular complexity index is 1070. The summed E-state index contributed by atoms with van der Waals surface area (Å²) in [4.78, 5) is 13.9. The number of hydrogen-bond donors (Lipinski definition) is 2. The van der Waals surface area contributed by atoms with E-state index < -0.39 is 35.5 Å². The number of hydrogen-bond acceptors (Lipinski definition) is 7. The van der Waals surface area contributed by atoms with E-state index in [0.717, 1.165) is 44.1 Å². The Hall–Kier alpha value is -1.77. The average molecular weight is 557 g/mol. The Morgan fingerprint density at radius 3 is 2.75 bits per heavy atom. The molecule has 4 heterocycles. The van der Waals surface area contributed by atoms with Gasteiger partial charge in [0, 0.05) is 30.8 Å². The molecule has 0 amide bonds. The first-order valence-corrected chi connectivity index (χ1v) is 15.3. The zero-order valence-corrected chi connectivity index (χ0v) is 24.8. The second kappa shape index (κ2) is 11.8. The van der Waals surface area contributed by atoms with Gasteiger partial charge in [-0.2, -0.15) is 0 Å². The topological polar surface area (TPSA) is 94.5 Å². The SMILES string of the molecule is CCCC1OC2(CCC1C)CC1CC(CC=C(C)CC(C)C=CC=C3COC4C3C(=CC(C)(O)C4O)C(=O)O1)O2. The summed E-state index contributed by atoms with van der Waals surface area (Å²) in [6, 6.07) is 0. The van der Waals surface area contributed by atoms with Crippen LogP contribution in [0.5, 0.6) is 0 Å². The molecule has 2 bridgehead atoms. The van der Waals surface area contributed by atoms with E-state index in [4.69, 9.17) is 18.9 Å². The fourth-order valence-corrected chi connectivity index (χ4v) is 7.29. The Kier molecular flexibility index (Phi) is 8.80. The third-order valence-electron chi connectivity index (χ3n) is 9.50. The summed E-state index contributed by atoms with van der Waals surface area (Å²) >= 11 is 0. The summed E-state index contributed by atoms with van der Waals surface area (Å²) in [7, 11) is 0. The largest absolute Gasteiger partial charge is 0.459 e. The molecule has 1 aliphatic carbocycles. The van der Waals surface area contributed by atoms with E-state index in [1.807, 2.05) is 12.2 Å². The predicted molar refractivity (Wildman–Crippen MR) is 152 cm³/mol. The van der Waals surface area contributed by atoms with Gasteiger partial charge in [0.25, 0.3) is 0 Å². The molecule has 40 heavy (non-hydrogen) atoms. The van der Waals surface area contributed by atoms with E-state index >= 15 is 0 Å². The Morgan fingerprint density at radius 1 is 1.18 bits per heavy atom. The second-order valence-electron chi connectivity index (χ2n) is 13.2. The van der Waals surface area contributed by atoms with E-state index in [1.54, 1.807) is 0 Å². The minimum absolute atomic E-state index is 0.123. The molecule has 7 heteroatoms. The highest BCUT2D eigenvalue weighted by molar-refractivity contribution is 5.91. The van der Waals surface area contributed by atoms with Gasteiger partial charge in [-0.15, -0.1) is 0 Å². The maximum Gasteiger partial charge on any atom is 0.334 e. The van der Waals surface area contributed by atoms with Crippen molar-refractivity contribution in [1.82, 2.24) is 0 Å². The maximum atomic E-state index is 13.9. The van der Waals surface area contributed by atoms with Crippen molar-refractivity contribution < 1.29 is 34.0 Å². The molecule has 222 valence electrons. The number of rotatable bonds is 2. The van der Waals surface area contributed by atoms with Gasteiger partial charge < -0.3 is 29.2 Å². The molecule has 2 N–H and O–H groups in total. The smallest absolute Gasteiger partial charge is 0.334 e. The minimum atomic E-state index is -1.60. The van der Waals surface area contributed by atoms with Crippen molar-refractivity contribution in [3.8, 4) is 0 Å². The van der Waals surface area contributed by atoms with Crippen LogP contribution < -0.4 is 0 Å². The normalized spacial score (nSPS) is 44.4. The van der Waals surface area contributed by atoms with Crippen LogP contribution in [-0.4, -0.2) is 64.7 Å². The maximum absolute atomic E-state index is 13.9. The molecule has 10 atom stereocenters. The first-order chi connectivity index (χ1) is 19.0. The number of carbonyl (C=O) groups is 1. The van der Waals surface area contributed by atoms with Crippen LogP contribution >= 0.6 is 0 Å². The van der Waals surface area contributed by atoms with Gasteiger partial charge in [0.1, 0.15) is 17.8 Å². The van der Waals surface area contributed by atoms with Gasteiger partial charge in [-0.3, -0.25) is 0 Å². The second-order valence-corrected chi connectivity index (χ2v) is 13.2. The number of carbonyl (C=O) groups excluding carboxylic acids is 1. The fourth-order valence-electron chi connectivity index (χ4n) is 7.29. The predicted octanol–water partition coefficient (Wildman–Crippen LogP) is 5.31. The van der Waals surface area contributed by atoms with Crippen LogP contribution in [0.25, 0.3) is 0 Å². The van der Waals surface area contributed by atoms with Crippen LogP contribution in [0.2, 0.25) is 0 Å². The van der Waals surface area contributed by atoms with Crippen LogP contribution in [0.1, 0.15) is 86.0 Å². The van der Waals surface area contributed by atoms with Gasteiger partial charge in [0.2, 0.25) is 0 Å². The van der Waals surface area contributed by atoms with E-state index in [0.29, 0.717) is 30.3 Å². The molecular weight excluding hydrogens is 508 g/mol.